The molecule has 0 amide bonds. The van der Waals surface area contributed by atoms with Gasteiger partial charge in [-0.05, 0) is 19.3 Å². The lowest BCUT2D eigenvalue weighted by Gasteiger charge is -2.05. The molecule has 3 heteroatoms. The van der Waals surface area contributed by atoms with Crippen molar-refractivity contribution in [3.8, 4) is 0 Å². The van der Waals surface area contributed by atoms with Crippen molar-refractivity contribution in [3.63, 3.8) is 0 Å². The maximum atomic E-state index is 12.0. The second kappa shape index (κ2) is 17.4. The summed E-state index contributed by atoms with van der Waals surface area (Å²) in [5.41, 5.74) is 0. The van der Waals surface area contributed by atoms with Gasteiger partial charge in [0.25, 0.3) is 0 Å². The van der Waals surface area contributed by atoms with Crippen LogP contribution in [0.4, 0.5) is 13.2 Å². The lowest BCUT2D eigenvalue weighted by molar-refractivity contribution is -0.135. The van der Waals surface area contributed by atoms with Gasteiger partial charge in [0.1, 0.15) is 0 Å². The molecule has 0 saturated heterocycles. The molecule has 0 nitrogen and oxygen atoms in total. The van der Waals surface area contributed by atoms with Crippen LogP contribution in [0.15, 0.2) is 12.7 Å². The first-order valence-corrected chi connectivity index (χ1v) is 10.2. The Hall–Kier alpha value is -0.470. The minimum Gasteiger partial charge on any atom is -0.171 e. The van der Waals surface area contributed by atoms with Crippen molar-refractivity contribution in [2.45, 2.75) is 122 Å². The standard InChI is InChI=1S/C21H39F3/c1-2-3-4-5-6-7-8-9-10-11-12-13-14-15-16-17-18-19-20-21(22,23)24/h2H,1,3-20H2. The van der Waals surface area contributed by atoms with E-state index in [1.165, 1.54) is 77.0 Å². The molecule has 0 aromatic carbocycles. The van der Waals surface area contributed by atoms with Gasteiger partial charge in [-0.25, -0.2) is 0 Å². The van der Waals surface area contributed by atoms with Crippen molar-refractivity contribution in [3.05, 3.63) is 12.7 Å². The predicted octanol–water partition coefficient (Wildman–Crippen LogP) is 8.76. The molecule has 0 atom stereocenters. The Balaban J connectivity index is 3.01. The molecule has 0 aliphatic heterocycles. The fourth-order valence-electron chi connectivity index (χ4n) is 3.09. The first kappa shape index (κ1) is 23.5. The zero-order valence-electron chi connectivity index (χ0n) is 15.6. The highest BCUT2D eigenvalue weighted by atomic mass is 19.4. The van der Waals surface area contributed by atoms with Gasteiger partial charge in [-0.2, -0.15) is 13.2 Å². The fourth-order valence-corrected chi connectivity index (χ4v) is 3.09. The predicted molar refractivity (Wildman–Crippen MR) is 99.4 cm³/mol. The van der Waals surface area contributed by atoms with Crippen LogP contribution in [0, 0.1) is 0 Å². The van der Waals surface area contributed by atoms with Crippen LogP contribution in [0.1, 0.15) is 116 Å². The summed E-state index contributed by atoms with van der Waals surface area (Å²) in [6.45, 7) is 3.74. The molecule has 0 aromatic heterocycles. The molecule has 144 valence electrons. The van der Waals surface area contributed by atoms with Gasteiger partial charge in [0, 0.05) is 6.42 Å². The number of allylic oxidation sites excluding steroid dienone is 1. The van der Waals surface area contributed by atoms with Gasteiger partial charge < -0.3 is 0 Å². The molecule has 0 radical (unpaired) electrons. The number of halogens is 3. The van der Waals surface area contributed by atoms with Gasteiger partial charge >= 0.3 is 6.18 Å². The highest BCUT2D eigenvalue weighted by molar-refractivity contribution is 4.65. The third kappa shape index (κ3) is 21.5. The Morgan fingerprint density at radius 2 is 0.792 bits per heavy atom. The van der Waals surface area contributed by atoms with Crippen molar-refractivity contribution in [1.29, 1.82) is 0 Å². The van der Waals surface area contributed by atoms with E-state index in [1.807, 2.05) is 6.08 Å². The molecule has 0 aliphatic carbocycles. The first-order chi connectivity index (χ1) is 11.6. The van der Waals surface area contributed by atoms with E-state index in [2.05, 4.69) is 6.58 Å². The van der Waals surface area contributed by atoms with Gasteiger partial charge in [0.05, 0.1) is 0 Å². The zero-order valence-corrected chi connectivity index (χ0v) is 15.6. The first-order valence-electron chi connectivity index (χ1n) is 10.2. The van der Waals surface area contributed by atoms with E-state index in [9.17, 15) is 13.2 Å². The maximum Gasteiger partial charge on any atom is 0.389 e. The molecule has 0 spiro atoms. The molecule has 24 heavy (non-hydrogen) atoms. The summed E-state index contributed by atoms with van der Waals surface area (Å²) >= 11 is 0. The van der Waals surface area contributed by atoms with Gasteiger partial charge in [0.2, 0.25) is 0 Å². The molecule has 0 N–H and O–H groups in total. The van der Waals surface area contributed by atoms with Crippen molar-refractivity contribution >= 4 is 0 Å². The van der Waals surface area contributed by atoms with Crippen LogP contribution in [-0.4, -0.2) is 6.18 Å². The van der Waals surface area contributed by atoms with Crippen LogP contribution in [0.25, 0.3) is 0 Å². The highest BCUT2D eigenvalue weighted by Gasteiger charge is 2.25. The van der Waals surface area contributed by atoms with E-state index < -0.39 is 12.6 Å². The van der Waals surface area contributed by atoms with Crippen LogP contribution in [0.3, 0.4) is 0 Å². The SMILES string of the molecule is C=CCCCCCCCCCCCCCCCCCCC(F)(F)F. The average molecular weight is 349 g/mol. The fraction of sp³-hybridized carbons (Fsp3) is 0.905. The Morgan fingerprint density at radius 1 is 0.500 bits per heavy atom. The van der Waals surface area contributed by atoms with E-state index in [4.69, 9.17) is 0 Å². The minimum absolute atomic E-state index is 0.303. The third-order valence-corrected chi connectivity index (χ3v) is 4.62. The van der Waals surface area contributed by atoms with Gasteiger partial charge in [0.15, 0.2) is 0 Å². The monoisotopic (exact) mass is 348 g/mol. The third-order valence-electron chi connectivity index (χ3n) is 4.62. The van der Waals surface area contributed by atoms with E-state index in [-0.39, 0.29) is 0 Å². The lowest BCUT2D eigenvalue weighted by Crippen LogP contribution is -2.06. The molecule has 0 saturated carbocycles. The molecular weight excluding hydrogens is 309 g/mol. The van der Waals surface area contributed by atoms with Crippen LogP contribution in [0.2, 0.25) is 0 Å². The summed E-state index contributed by atoms with van der Waals surface area (Å²) in [6.07, 6.45) is 17.6. The molecular formula is C21H39F3. The molecule has 0 fully saturated rings. The molecule has 0 bridgehead atoms. The Morgan fingerprint density at radius 3 is 1.08 bits per heavy atom. The Labute approximate surface area is 148 Å². The maximum absolute atomic E-state index is 12.0. The molecule has 0 rings (SSSR count). The zero-order chi connectivity index (χ0) is 17.9. The van der Waals surface area contributed by atoms with E-state index in [0.29, 0.717) is 6.42 Å². The number of unbranched alkanes of at least 4 members (excludes halogenated alkanes) is 16. The summed E-state index contributed by atoms with van der Waals surface area (Å²) in [6, 6.07) is 0. The summed E-state index contributed by atoms with van der Waals surface area (Å²) in [7, 11) is 0. The van der Waals surface area contributed by atoms with Crippen LogP contribution < -0.4 is 0 Å². The van der Waals surface area contributed by atoms with Gasteiger partial charge in [-0.3, -0.25) is 0 Å². The van der Waals surface area contributed by atoms with Gasteiger partial charge in [-0.1, -0.05) is 96.0 Å². The summed E-state index contributed by atoms with van der Waals surface area (Å²) in [5.74, 6) is 0. The minimum atomic E-state index is -3.97. The van der Waals surface area contributed by atoms with Crippen LogP contribution in [-0.2, 0) is 0 Å². The van der Waals surface area contributed by atoms with Crippen molar-refractivity contribution in [1.82, 2.24) is 0 Å². The van der Waals surface area contributed by atoms with Crippen molar-refractivity contribution in [2.75, 3.05) is 0 Å². The summed E-state index contributed by atoms with van der Waals surface area (Å²) in [4.78, 5) is 0. The largest absolute Gasteiger partial charge is 0.389 e. The second-order valence-corrected chi connectivity index (χ2v) is 7.10. The second-order valence-electron chi connectivity index (χ2n) is 7.10. The number of rotatable bonds is 18. The quantitative estimate of drug-likeness (QED) is 0.171. The van der Waals surface area contributed by atoms with E-state index >= 15 is 0 Å². The molecule has 0 aromatic rings. The van der Waals surface area contributed by atoms with Crippen LogP contribution in [0.5, 0.6) is 0 Å². The lowest BCUT2D eigenvalue weighted by atomic mass is 10.0. The Bertz CT molecular complexity index is 258. The number of hydrogen-bond donors (Lipinski definition) is 0. The average Bonchev–Trinajstić information content (AvgIpc) is 2.52. The van der Waals surface area contributed by atoms with Crippen molar-refractivity contribution < 1.29 is 13.2 Å². The molecule has 0 aliphatic rings. The highest BCUT2D eigenvalue weighted by Crippen LogP contribution is 2.23. The number of hydrogen-bond acceptors (Lipinski definition) is 0. The normalized spacial score (nSPS) is 11.8. The smallest absolute Gasteiger partial charge is 0.171 e. The van der Waals surface area contributed by atoms with Crippen molar-refractivity contribution in [2.24, 2.45) is 0 Å². The van der Waals surface area contributed by atoms with E-state index in [1.54, 1.807) is 0 Å². The molecule has 0 heterocycles. The number of alkyl halides is 3. The topological polar surface area (TPSA) is 0 Å². The van der Waals surface area contributed by atoms with Crippen LogP contribution >= 0.6 is 0 Å². The Kier molecular flexibility index (Phi) is 17.0. The molecule has 0 unspecified atom stereocenters. The van der Waals surface area contributed by atoms with E-state index in [0.717, 1.165) is 25.7 Å². The summed E-state index contributed by atoms with van der Waals surface area (Å²) in [5, 5.41) is 0. The summed E-state index contributed by atoms with van der Waals surface area (Å²) < 4.78 is 35.9. The van der Waals surface area contributed by atoms with Gasteiger partial charge in [-0.15, -0.1) is 6.58 Å².